The highest BCUT2D eigenvalue weighted by Crippen LogP contribution is 2.14. The second kappa shape index (κ2) is 4.17. The number of thiazole rings is 1. The third-order valence-corrected chi connectivity index (χ3v) is 3.05. The van der Waals surface area contributed by atoms with Gasteiger partial charge in [0.05, 0.1) is 18.2 Å². The molecule has 0 saturated carbocycles. The van der Waals surface area contributed by atoms with Crippen LogP contribution in [0.5, 0.6) is 0 Å². The lowest BCUT2D eigenvalue weighted by Crippen LogP contribution is -2.42. The van der Waals surface area contributed by atoms with Crippen LogP contribution in [0.3, 0.4) is 0 Å². The van der Waals surface area contributed by atoms with Crippen LogP contribution in [0.25, 0.3) is 0 Å². The standard InChI is InChI=1S/C9H14N2OS/c1-7-11-5-9(13-7)4-8-6-12-3-2-10-8/h5,8,10H,2-4,6H2,1H3. The number of hydrogen-bond donors (Lipinski definition) is 1. The fourth-order valence-electron chi connectivity index (χ4n) is 1.49. The predicted octanol–water partition coefficient (Wildman–Crippen LogP) is 0.982. The second-order valence-corrected chi connectivity index (χ2v) is 4.60. The van der Waals surface area contributed by atoms with E-state index in [4.69, 9.17) is 4.74 Å². The van der Waals surface area contributed by atoms with Crippen molar-refractivity contribution in [1.82, 2.24) is 10.3 Å². The van der Waals surface area contributed by atoms with Gasteiger partial charge in [-0.3, -0.25) is 0 Å². The molecule has 1 fully saturated rings. The first-order valence-electron chi connectivity index (χ1n) is 4.57. The van der Waals surface area contributed by atoms with Gasteiger partial charge < -0.3 is 10.1 Å². The Morgan fingerprint density at radius 2 is 2.69 bits per heavy atom. The summed E-state index contributed by atoms with van der Waals surface area (Å²) >= 11 is 1.77. The molecule has 1 unspecified atom stereocenters. The molecule has 2 rings (SSSR count). The molecular formula is C9H14N2OS. The largest absolute Gasteiger partial charge is 0.379 e. The van der Waals surface area contributed by atoms with E-state index in [-0.39, 0.29) is 0 Å². The van der Waals surface area contributed by atoms with Crippen LogP contribution in [0.1, 0.15) is 9.88 Å². The molecule has 1 aliphatic heterocycles. The highest BCUT2D eigenvalue weighted by molar-refractivity contribution is 7.11. The van der Waals surface area contributed by atoms with Gasteiger partial charge >= 0.3 is 0 Å². The van der Waals surface area contributed by atoms with Crippen molar-refractivity contribution in [3.63, 3.8) is 0 Å². The summed E-state index contributed by atoms with van der Waals surface area (Å²) in [5.74, 6) is 0. The molecule has 2 heterocycles. The average molecular weight is 198 g/mol. The minimum absolute atomic E-state index is 0.480. The zero-order chi connectivity index (χ0) is 9.10. The lowest BCUT2D eigenvalue weighted by Gasteiger charge is -2.22. The number of ether oxygens (including phenoxy) is 1. The van der Waals surface area contributed by atoms with E-state index < -0.39 is 0 Å². The van der Waals surface area contributed by atoms with Crippen molar-refractivity contribution in [3.8, 4) is 0 Å². The van der Waals surface area contributed by atoms with Crippen molar-refractivity contribution in [1.29, 1.82) is 0 Å². The molecule has 0 bridgehead atoms. The lowest BCUT2D eigenvalue weighted by molar-refractivity contribution is 0.0772. The van der Waals surface area contributed by atoms with Gasteiger partial charge in [-0.15, -0.1) is 11.3 Å². The molecule has 13 heavy (non-hydrogen) atoms. The third-order valence-electron chi connectivity index (χ3n) is 2.12. The van der Waals surface area contributed by atoms with Gasteiger partial charge in [0.25, 0.3) is 0 Å². The Morgan fingerprint density at radius 1 is 1.77 bits per heavy atom. The van der Waals surface area contributed by atoms with Crippen molar-refractivity contribution in [2.75, 3.05) is 19.8 Å². The Labute approximate surface area is 82.1 Å². The van der Waals surface area contributed by atoms with Crippen molar-refractivity contribution in [2.24, 2.45) is 0 Å². The van der Waals surface area contributed by atoms with E-state index in [9.17, 15) is 0 Å². The number of aromatic nitrogens is 1. The lowest BCUT2D eigenvalue weighted by atomic mass is 10.2. The Morgan fingerprint density at radius 3 is 3.31 bits per heavy atom. The minimum Gasteiger partial charge on any atom is -0.379 e. The fraction of sp³-hybridized carbons (Fsp3) is 0.667. The van der Waals surface area contributed by atoms with E-state index in [1.807, 2.05) is 13.1 Å². The van der Waals surface area contributed by atoms with E-state index in [2.05, 4.69) is 10.3 Å². The van der Waals surface area contributed by atoms with Crippen LogP contribution in [-0.2, 0) is 11.2 Å². The summed E-state index contributed by atoms with van der Waals surface area (Å²) in [4.78, 5) is 5.58. The maximum absolute atomic E-state index is 5.38. The van der Waals surface area contributed by atoms with Crippen LogP contribution in [0, 0.1) is 6.92 Å². The Hall–Kier alpha value is -0.450. The average Bonchev–Trinajstić information content (AvgIpc) is 2.53. The van der Waals surface area contributed by atoms with Gasteiger partial charge in [-0.1, -0.05) is 0 Å². The number of rotatable bonds is 2. The van der Waals surface area contributed by atoms with E-state index >= 15 is 0 Å². The molecule has 1 saturated heterocycles. The van der Waals surface area contributed by atoms with Gasteiger partial charge in [0.1, 0.15) is 0 Å². The summed E-state index contributed by atoms with van der Waals surface area (Å²) in [6, 6.07) is 0.480. The molecule has 0 aliphatic carbocycles. The number of nitrogens with zero attached hydrogens (tertiary/aromatic N) is 1. The molecule has 4 heteroatoms. The van der Waals surface area contributed by atoms with Crippen molar-refractivity contribution < 1.29 is 4.74 Å². The topological polar surface area (TPSA) is 34.1 Å². The molecule has 1 aliphatic rings. The molecule has 0 amide bonds. The van der Waals surface area contributed by atoms with Gasteiger partial charge in [-0.25, -0.2) is 4.98 Å². The zero-order valence-corrected chi connectivity index (χ0v) is 8.56. The maximum Gasteiger partial charge on any atom is 0.0896 e. The monoisotopic (exact) mass is 198 g/mol. The summed E-state index contributed by atoms with van der Waals surface area (Å²) in [5.41, 5.74) is 0. The van der Waals surface area contributed by atoms with Crippen molar-refractivity contribution in [3.05, 3.63) is 16.1 Å². The van der Waals surface area contributed by atoms with E-state index in [0.717, 1.165) is 31.2 Å². The molecular weight excluding hydrogens is 184 g/mol. The molecule has 1 atom stereocenters. The zero-order valence-electron chi connectivity index (χ0n) is 7.75. The predicted molar refractivity (Wildman–Crippen MR) is 53.2 cm³/mol. The van der Waals surface area contributed by atoms with Crippen LogP contribution in [0.15, 0.2) is 6.20 Å². The molecule has 1 aromatic rings. The normalized spacial score (nSPS) is 23.3. The van der Waals surface area contributed by atoms with E-state index in [1.165, 1.54) is 4.88 Å². The van der Waals surface area contributed by atoms with Gasteiger partial charge in [0, 0.05) is 30.1 Å². The Bertz CT molecular complexity index is 268. The fourth-order valence-corrected chi connectivity index (χ4v) is 2.37. The molecule has 3 nitrogen and oxygen atoms in total. The van der Waals surface area contributed by atoms with Crippen LogP contribution in [-0.4, -0.2) is 30.8 Å². The van der Waals surface area contributed by atoms with E-state index in [1.54, 1.807) is 11.3 Å². The van der Waals surface area contributed by atoms with Gasteiger partial charge in [0.2, 0.25) is 0 Å². The first-order valence-corrected chi connectivity index (χ1v) is 5.38. The van der Waals surface area contributed by atoms with Gasteiger partial charge in [0.15, 0.2) is 0 Å². The number of hydrogen-bond acceptors (Lipinski definition) is 4. The molecule has 72 valence electrons. The minimum atomic E-state index is 0.480. The second-order valence-electron chi connectivity index (χ2n) is 3.28. The summed E-state index contributed by atoms with van der Waals surface area (Å²) < 4.78 is 5.38. The van der Waals surface area contributed by atoms with Crippen molar-refractivity contribution in [2.45, 2.75) is 19.4 Å². The third kappa shape index (κ3) is 2.49. The first kappa shape index (κ1) is 9.12. The summed E-state index contributed by atoms with van der Waals surface area (Å²) in [7, 11) is 0. The summed E-state index contributed by atoms with van der Waals surface area (Å²) in [6.07, 6.45) is 3.02. The molecule has 1 aromatic heterocycles. The number of morpholine rings is 1. The van der Waals surface area contributed by atoms with E-state index in [0.29, 0.717) is 6.04 Å². The van der Waals surface area contributed by atoms with Crippen LogP contribution in [0.2, 0.25) is 0 Å². The first-order chi connectivity index (χ1) is 6.34. The summed E-state index contributed by atoms with van der Waals surface area (Å²) in [5, 5.41) is 4.58. The number of nitrogens with one attached hydrogen (secondary N) is 1. The highest BCUT2D eigenvalue weighted by Gasteiger charge is 2.14. The van der Waals surface area contributed by atoms with Crippen LogP contribution >= 0.6 is 11.3 Å². The quantitative estimate of drug-likeness (QED) is 0.769. The molecule has 0 radical (unpaired) electrons. The Balaban J connectivity index is 1.89. The van der Waals surface area contributed by atoms with Crippen LogP contribution < -0.4 is 5.32 Å². The summed E-state index contributed by atoms with van der Waals surface area (Å²) in [6.45, 7) is 4.69. The molecule has 0 aromatic carbocycles. The van der Waals surface area contributed by atoms with Crippen molar-refractivity contribution >= 4 is 11.3 Å². The smallest absolute Gasteiger partial charge is 0.0896 e. The SMILES string of the molecule is Cc1ncc(CC2COCCN2)s1. The molecule has 1 N–H and O–H groups in total. The Kier molecular flexibility index (Phi) is 2.93. The van der Waals surface area contributed by atoms with Crippen LogP contribution in [0.4, 0.5) is 0 Å². The highest BCUT2D eigenvalue weighted by atomic mass is 32.1. The van der Waals surface area contributed by atoms with Gasteiger partial charge in [-0.2, -0.15) is 0 Å². The number of aryl methyl sites for hydroxylation is 1. The maximum atomic E-state index is 5.38. The van der Waals surface area contributed by atoms with Gasteiger partial charge in [-0.05, 0) is 6.92 Å². The molecule has 0 spiro atoms.